The zero-order valence-corrected chi connectivity index (χ0v) is 18.5. The summed E-state index contributed by atoms with van der Waals surface area (Å²) in [5.74, 6) is 1.42. The van der Waals surface area contributed by atoms with E-state index in [2.05, 4.69) is 31.3 Å². The summed E-state index contributed by atoms with van der Waals surface area (Å²) >= 11 is 13.1. The first-order chi connectivity index (χ1) is 16.1. The largest absolute Gasteiger partial charge is 0.435 e. The molecule has 2 aromatic carbocycles. The van der Waals surface area contributed by atoms with E-state index in [9.17, 15) is 0 Å². The number of hydrogen-bond donors (Lipinski definition) is 1. The lowest BCUT2D eigenvalue weighted by Gasteiger charge is -2.14. The van der Waals surface area contributed by atoms with Crippen LogP contribution in [0, 0.1) is 11.3 Å². The molecule has 160 valence electrons. The van der Waals surface area contributed by atoms with Crippen molar-refractivity contribution in [2.75, 3.05) is 5.32 Å². The van der Waals surface area contributed by atoms with Crippen LogP contribution in [0.2, 0.25) is 10.0 Å². The fourth-order valence-electron chi connectivity index (χ4n) is 3.32. The lowest BCUT2D eigenvalue weighted by Crippen LogP contribution is -2.02. The summed E-state index contributed by atoms with van der Waals surface area (Å²) in [5, 5.41) is 12.8. The van der Waals surface area contributed by atoms with Crippen molar-refractivity contribution in [3.8, 4) is 28.8 Å². The Labute approximate surface area is 199 Å². The Hall–Kier alpha value is -3.99. The molecule has 33 heavy (non-hydrogen) atoms. The number of anilines is 2. The molecule has 0 spiro atoms. The predicted octanol–water partition coefficient (Wildman–Crippen LogP) is 6.51. The van der Waals surface area contributed by atoms with E-state index in [1.54, 1.807) is 55.0 Å². The number of nitrogens with one attached hydrogen (secondary N) is 1. The van der Waals surface area contributed by atoms with Crippen LogP contribution in [0.25, 0.3) is 11.1 Å². The molecule has 1 N–H and O–H groups in total. The topological polar surface area (TPSA) is 96.1 Å². The molecule has 7 nitrogen and oxygen atoms in total. The van der Waals surface area contributed by atoms with Crippen molar-refractivity contribution < 1.29 is 4.74 Å². The highest BCUT2D eigenvalue weighted by Gasteiger charge is 2.21. The Bertz CT molecular complexity index is 1390. The minimum Gasteiger partial charge on any atom is -0.435 e. The number of aliphatic imine (C=N–C) groups is 1. The number of nitriles is 1. The van der Waals surface area contributed by atoms with E-state index in [0.717, 1.165) is 22.4 Å². The van der Waals surface area contributed by atoms with Crippen LogP contribution in [0.15, 0.2) is 65.9 Å². The van der Waals surface area contributed by atoms with E-state index in [-0.39, 0.29) is 0 Å². The second-order valence-corrected chi connectivity index (χ2v) is 7.91. The van der Waals surface area contributed by atoms with Crippen LogP contribution in [0.1, 0.15) is 11.1 Å². The fourth-order valence-corrected chi connectivity index (χ4v) is 3.89. The molecule has 0 bridgehead atoms. The molecule has 0 saturated heterocycles. The molecule has 4 aromatic rings. The number of rotatable bonds is 5. The Balaban J connectivity index is 1.48. The van der Waals surface area contributed by atoms with Gasteiger partial charge >= 0.3 is 0 Å². The molecule has 0 atom stereocenters. The van der Waals surface area contributed by atoms with Crippen LogP contribution in [-0.2, 0) is 6.42 Å². The Kier molecular flexibility index (Phi) is 5.61. The number of benzene rings is 2. The molecular weight excluding hydrogens is 459 g/mol. The summed E-state index contributed by atoms with van der Waals surface area (Å²) in [6.07, 6.45) is 5.68. The molecular formula is C24H14Cl2N6O. The lowest BCUT2D eigenvalue weighted by atomic mass is 10.1. The first kappa shape index (κ1) is 20.9. The van der Waals surface area contributed by atoms with E-state index in [4.69, 9.17) is 33.2 Å². The van der Waals surface area contributed by atoms with Gasteiger partial charge in [-0.2, -0.15) is 15.2 Å². The molecule has 0 saturated carbocycles. The molecule has 0 radical (unpaired) electrons. The van der Waals surface area contributed by atoms with Gasteiger partial charge in [-0.25, -0.2) is 4.99 Å². The van der Waals surface area contributed by atoms with Crippen molar-refractivity contribution in [3.63, 3.8) is 0 Å². The van der Waals surface area contributed by atoms with E-state index in [1.165, 1.54) is 0 Å². The third-order valence-corrected chi connectivity index (χ3v) is 5.50. The summed E-state index contributed by atoms with van der Waals surface area (Å²) in [6, 6.07) is 16.3. The molecule has 0 fully saturated rings. The molecule has 1 aliphatic heterocycles. The molecule has 0 unspecified atom stereocenters. The summed E-state index contributed by atoms with van der Waals surface area (Å²) in [5.41, 5.74) is 3.80. The van der Waals surface area contributed by atoms with E-state index in [0.29, 0.717) is 45.4 Å². The van der Waals surface area contributed by atoms with Crippen molar-refractivity contribution >= 4 is 46.9 Å². The summed E-state index contributed by atoms with van der Waals surface area (Å²) in [7, 11) is 0. The van der Waals surface area contributed by atoms with Gasteiger partial charge in [-0.1, -0.05) is 23.2 Å². The molecule has 5 rings (SSSR count). The van der Waals surface area contributed by atoms with Gasteiger partial charge in [-0.05, 0) is 59.7 Å². The highest BCUT2D eigenvalue weighted by molar-refractivity contribution is 6.37. The van der Waals surface area contributed by atoms with Crippen LogP contribution >= 0.6 is 23.2 Å². The van der Waals surface area contributed by atoms with E-state index in [1.807, 2.05) is 12.1 Å². The minimum absolute atomic E-state index is 0.299. The number of fused-ring (bicyclic) bond motifs is 1. The lowest BCUT2D eigenvalue weighted by molar-refractivity contribution is 0.459. The summed E-state index contributed by atoms with van der Waals surface area (Å²) < 4.78 is 6.10. The zero-order valence-electron chi connectivity index (χ0n) is 17.0. The Morgan fingerprint density at radius 1 is 0.939 bits per heavy atom. The maximum absolute atomic E-state index is 8.98. The van der Waals surface area contributed by atoms with Gasteiger partial charge in [0.25, 0.3) is 0 Å². The normalized spacial score (nSPS) is 11.7. The van der Waals surface area contributed by atoms with Gasteiger partial charge in [-0.3, -0.25) is 4.98 Å². The maximum Gasteiger partial charge on any atom is 0.232 e. The third-order valence-electron chi connectivity index (χ3n) is 4.94. The molecule has 9 heteroatoms. The van der Waals surface area contributed by atoms with Crippen molar-refractivity contribution in [1.82, 2.24) is 15.0 Å². The first-order valence-corrected chi connectivity index (χ1v) is 10.6. The molecule has 0 amide bonds. The van der Waals surface area contributed by atoms with Crippen LogP contribution < -0.4 is 10.1 Å². The van der Waals surface area contributed by atoms with Crippen molar-refractivity contribution in [2.24, 2.45) is 4.99 Å². The maximum atomic E-state index is 8.98. The minimum atomic E-state index is 0.299. The highest BCUT2D eigenvalue weighted by Crippen LogP contribution is 2.42. The van der Waals surface area contributed by atoms with E-state index >= 15 is 0 Å². The van der Waals surface area contributed by atoms with Crippen LogP contribution in [0.5, 0.6) is 11.6 Å². The number of ether oxygens (including phenoxy) is 1. The smallest absolute Gasteiger partial charge is 0.232 e. The average molecular weight is 473 g/mol. The number of hydrogen-bond acceptors (Lipinski definition) is 7. The van der Waals surface area contributed by atoms with Gasteiger partial charge in [-0.15, -0.1) is 0 Å². The van der Waals surface area contributed by atoms with Crippen LogP contribution in [-0.4, -0.2) is 21.2 Å². The molecule has 1 aliphatic rings. The zero-order chi connectivity index (χ0) is 22.8. The van der Waals surface area contributed by atoms with Crippen molar-refractivity contribution in [3.05, 3.63) is 82.1 Å². The highest BCUT2D eigenvalue weighted by atomic mass is 35.5. The number of halogens is 2. The summed E-state index contributed by atoms with van der Waals surface area (Å²) in [6.45, 7) is 0. The van der Waals surface area contributed by atoms with Gasteiger partial charge < -0.3 is 10.1 Å². The van der Waals surface area contributed by atoms with Crippen LogP contribution in [0.4, 0.5) is 17.5 Å². The second-order valence-electron chi connectivity index (χ2n) is 7.09. The number of aromatic nitrogens is 3. The quantitative estimate of drug-likeness (QED) is 0.355. The second kappa shape index (κ2) is 8.87. The van der Waals surface area contributed by atoms with Gasteiger partial charge in [0, 0.05) is 30.7 Å². The number of pyridine rings is 1. The fraction of sp³-hybridized carbons (Fsp3) is 0.0417. The predicted molar refractivity (Wildman–Crippen MR) is 128 cm³/mol. The Morgan fingerprint density at radius 2 is 1.67 bits per heavy atom. The molecule has 3 heterocycles. The molecule has 0 aliphatic carbocycles. The third kappa shape index (κ3) is 4.35. The monoisotopic (exact) mass is 472 g/mol. The van der Waals surface area contributed by atoms with Crippen LogP contribution in [0.3, 0.4) is 0 Å². The first-order valence-electron chi connectivity index (χ1n) is 9.88. The standard InChI is InChI=1S/C24H14Cl2N6O/c25-19-11-16(15-5-8-28-9-6-15)12-20(26)21(19)33-23-18-7-10-29-22(18)31-24(32-23)30-17-3-1-14(13-27)2-4-17/h1-6,8-12H,7H2,(H,30,31,32). The van der Waals surface area contributed by atoms with Crippen molar-refractivity contribution in [2.45, 2.75) is 6.42 Å². The van der Waals surface area contributed by atoms with Crippen molar-refractivity contribution in [1.29, 1.82) is 5.26 Å². The number of nitrogens with zero attached hydrogens (tertiary/aromatic N) is 5. The van der Waals surface area contributed by atoms with Gasteiger partial charge in [0.05, 0.1) is 27.2 Å². The average Bonchev–Trinajstić information content (AvgIpc) is 3.31. The Morgan fingerprint density at radius 3 is 2.36 bits per heavy atom. The summed E-state index contributed by atoms with van der Waals surface area (Å²) in [4.78, 5) is 17.3. The van der Waals surface area contributed by atoms with E-state index < -0.39 is 0 Å². The van der Waals surface area contributed by atoms with Gasteiger partial charge in [0.1, 0.15) is 0 Å². The molecule has 2 aromatic heterocycles. The van der Waals surface area contributed by atoms with Gasteiger partial charge in [0.2, 0.25) is 11.8 Å². The SMILES string of the molecule is N#Cc1ccc(Nc2nc3c(c(Oc4c(Cl)cc(-c5ccncc5)cc4Cl)n2)CC=N3)cc1. The van der Waals surface area contributed by atoms with Gasteiger partial charge in [0.15, 0.2) is 11.6 Å².